The number of thiazole rings is 1. The van der Waals surface area contributed by atoms with E-state index in [-0.39, 0.29) is 29.6 Å². The van der Waals surface area contributed by atoms with E-state index >= 15 is 0 Å². The van der Waals surface area contributed by atoms with Crippen molar-refractivity contribution in [2.24, 2.45) is 4.99 Å². The molecule has 2 saturated heterocycles. The minimum absolute atomic E-state index is 0.0249. The van der Waals surface area contributed by atoms with Crippen molar-refractivity contribution in [1.29, 1.82) is 0 Å². The van der Waals surface area contributed by atoms with E-state index in [1.54, 1.807) is 12.3 Å². The molecule has 1 aromatic heterocycles. The quantitative estimate of drug-likeness (QED) is 0.483. The molecule has 4 heterocycles. The molecule has 0 aliphatic carbocycles. The number of amidine groups is 1. The second-order valence-corrected chi connectivity index (χ2v) is 10.8. The van der Waals surface area contributed by atoms with E-state index in [4.69, 9.17) is 9.73 Å². The molecule has 0 radical (unpaired) electrons. The van der Waals surface area contributed by atoms with Gasteiger partial charge in [0.1, 0.15) is 11.9 Å². The Hall–Kier alpha value is -2.67. The highest BCUT2D eigenvalue weighted by atomic mass is 79.9. The Kier molecular flexibility index (Phi) is 7.20. The van der Waals surface area contributed by atoms with E-state index in [0.29, 0.717) is 59.2 Å². The lowest BCUT2D eigenvalue weighted by atomic mass is 9.89. The molecule has 1 amide bonds. The zero-order chi connectivity index (χ0) is 25.4. The average Bonchev–Trinajstić information content (AvgIpc) is 3.33. The zero-order valence-electron chi connectivity index (χ0n) is 19.4. The van der Waals surface area contributed by atoms with Gasteiger partial charge in [0.2, 0.25) is 5.91 Å². The van der Waals surface area contributed by atoms with E-state index in [0.717, 1.165) is 0 Å². The number of halogens is 2. The number of aliphatic carboxylic acids is 1. The van der Waals surface area contributed by atoms with Crippen LogP contribution in [0.25, 0.3) is 0 Å². The molecule has 0 saturated carbocycles. The minimum Gasteiger partial charge on any atom is -0.478 e. The molecule has 36 heavy (non-hydrogen) atoms. The largest absolute Gasteiger partial charge is 0.478 e. The summed E-state index contributed by atoms with van der Waals surface area (Å²) >= 11 is 4.79. The molecule has 9 nitrogen and oxygen atoms in total. The minimum atomic E-state index is -1.10. The van der Waals surface area contributed by atoms with Crippen molar-refractivity contribution in [3.8, 4) is 0 Å². The van der Waals surface area contributed by atoms with E-state index < -0.39 is 17.8 Å². The van der Waals surface area contributed by atoms with Crippen molar-refractivity contribution in [3.05, 3.63) is 61.9 Å². The van der Waals surface area contributed by atoms with Gasteiger partial charge in [0.15, 0.2) is 10.8 Å². The van der Waals surface area contributed by atoms with Crippen LogP contribution >= 0.6 is 27.3 Å². The molecule has 2 aromatic rings. The van der Waals surface area contributed by atoms with Gasteiger partial charge in [-0.15, -0.1) is 11.3 Å². The van der Waals surface area contributed by atoms with E-state index in [9.17, 15) is 19.1 Å². The third kappa shape index (κ3) is 5.08. The third-order valence-electron chi connectivity index (χ3n) is 6.67. The molecule has 4 atom stereocenters. The fourth-order valence-corrected chi connectivity index (χ4v) is 6.36. The number of piperidine rings is 1. The highest BCUT2D eigenvalue weighted by Gasteiger charge is 2.41. The lowest BCUT2D eigenvalue weighted by Gasteiger charge is -2.49. The van der Waals surface area contributed by atoms with Crippen molar-refractivity contribution < 1.29 is 23.8 Å². The first-order valence-electron chi connectivity index (χ1n) is 11.6. The van der Waals surface area contributed by atoms with Crippen molar-refractivity contribution in [2.75, 3.05) is 19.8 Å². The number of amides is 1. The predicted octanol–water partition coefficient (Wildman–Crippen LogP) is 2.84. The summed E-state index contributed by atoms with van der Waals surface area (Å²) < 4.78 is 20.1. The van der Waals surface area contributed by atoms with Crippen molar-refractivity contribution >= 4 is 45.0 Å². The number of fused-ring (bicyclic) bond motifs is 2. The van der Waals surface area contributed by atoms with Crippen LogP contribution in [0.1, 0.15) is 36.4 Å². The molecule has 3 aliphatic rings. The summed E-state index contributed by atoms with van der Waals surface area (Å²) in [7, 11) is 0. The predicted molar refractivity (Wildman–Crippen MR) is 135 cm³/mol. The number of rotatable bonds is 6. The summed E-state index contributed by atoms with van der Waals surface area (Å²) in [5.41, 5.74) is 1.17. The maximum atomic E-state index is 13.8. The van der Waals surface area contributed by atoms with Crippen molar-refractivity contribution in [2.45, 2.75) is 43.9 Å². The molecule has 0 spiro atoms. The highest BCUT2D eigenvalue weighted by molar-refractivity contribution is 9.10. The van der Waals surface area contributed by atoms with Gasteiger partial charge in [-0.05, 0) is 30.5 Å². The Balaban J connectivity index is 1.53. The van der Waals surface area contributed by atoms with Crippen LogP contribution in [-0.4, -0.2) is 70.6 Å². The van der Waals surface area contributed by atoms with E-state index in [1.165, 1.54) is 30.4 Å². The van der Waals surface area contributed by atoms with Gasteiger partial charge in [-0.2, -0.15) is 0 Å². The van der Waals surface area contributed by atoms with Crippen LogP contribution in [0.2, 0.25) is 0 Å². The average molecular weight is 578 g/mol. The van der Waals surface area contributed by atoms with Crippen LogP contribution in [0.4, 0.5) is 4.39 Å². The summed E-state index contributed by atoms with van der Waals surface area (Å²) in [6.07, 6.45) is 3.09. The third-order valence-corrected chi connectivity index (χ3v) is 8.13. The van der Waals surface area contributed by atoms with E-state index in [2.05, 4.69) is 36.4 Å². The van der Waals surface area contributed by atoms with Gasteiger partial charge >= 0.3 is 5.97 Å². The Morgan fingerprint density at radius 1 is 1.33 bits per heavy atom. The molecule has 3 N–H and O–H groups in total. The lowest BCUT2D eigenvalue weighted by molar-refractivity contribution is -0.133. The van der Waals surface area contributed by atoms with Crippen molar-refractivity contribution in [3.63, 3.8) is 0 Å². The van der Waals surface area contributed by atoms with Gasteiger partial charge in [-0.1, -0.05) is 22.0 Å². The summed E-state index contributed by atoms with van der Waals surface area (Å²) in [6.45, 7) is 2.86. The fraction of sp³-hybridized carbons (Fsp3) is 0.417. The molecular weight excluding hydrogens is 553 g/mol. The summed E-state index contributed by atoms with van der Waals surface area (Å²) in [5, 5.41) is 19.0. The Bertz CT molecular complexity index is 1220. The maximum absolute atomic E-state index is 13.8. The number of hydrogen-bond acceptors (Lipinski definition) is 8. The monoisotopic (exact) mass is 577 g/mol. The number of carbonyl (C=O) groups is 2. The maximum Gasteiger partial charge on any atom is 0.335 e. The standard InChI is InChI=1S/C24H25BrFN5O4S/c1-12(32)28-14-7-15-10-35-11-16(8-14)31(15)9-19-20(24(33)34)21(17-3-2-13(26)6-18(17)25)30-22(29-19)23-27-4-5-36-23/h2-6,14-16,21H,7-11H2,1H3,(H,28,32)(H,29,30)(H,33,34)/t14?,15-,16+,21-/m0/s1. The zero-order valence-corrected chi connectivity index (χ0v) is 21.8. The number of aliphatic imine (C=N–C) groups is 1. The summed E-state index contributed by atoms with van der Waals surface area (Å²) in [4.78, 5) is 35.6. The highest BCUT2D eigenvalue weighted by Crippen LogP contribution is 2.37. The van der Waals surface area contributed by atoms with Gasteiger partial charge in [-0.3, -0.25) is 14.7 Å². The van der Waals surface area contributed by atoms with E-state index in [1.807, 2.05) is 5.38 Å². The lowest BCUT2D eigenvalue weighted by Crippen LogP contribution is -2.61. The van der Waals surface area contributed by atoms with Gasteiger partial charge in [0, 0.05) is 53.3 Å². The summed E-state index contributed by atoms with van der Waals surface area (Å²) in [5.74, 6) is -1.12. The first kappa shape index (κ1) is 25.0. The normalized spacial score (nSPS) is 26.2. The number of nitrogens with zero attached hydrogens (tertiary/aromatic N) is 3. The molecule has 3 aliphatic heterocycles. The second-order valence-electron chi connectivity index (χ2n) is 9.09. The van der Waals surface area contributed by atoms with Crippen LogP contribution in [0.3, 0.4) is 0 Å². The van der Waals surface area contributed by atoms with Gasteiger partial charge < -0.3 is 20.5 Å². The second kappa shape index (κ2) is 10.4. The number of morpholine rings is 1. The number of carboxylic acids is 1. The smallest absolute Gasteiger partial charge is 0.335 e. The number of carboxylic acid groups (broad SMARTS) is 1. The molecule has 5 rings (SSSR count). The molecule has 12 heteroatoms. The number of hydrogen-bond donors (Lipinski definition) is 3. The van der Waals surface area contributed by atoms with Gasteiger partial charge in [0.25, 0.3) is 0 Å². The van der Waals surface area contributed by atoms with Gasteiger partial charge in [-0.25, -0.2) is 14.2 Å². The molecule has 2 bridgehead atoms. The Labute approximate surface area is 219 Å². The van der Waals surface area contributed by atoms with Crippen LogP contribution in [0.15, 0.2) is 50.5 Å². The fourth-order valence-electron chi connectivity index (χ4n) is 5.21. The summed E-state index contributed by atoms with van der Waals surface area (Å²) in [6, 6.07) is 3.41. The first-order chi connectivity index (χ1) is 17.3. The topological polar surface area (TPSA) is 116 Å². The Morgan fingerprint density at radius 3 is 2.69 bits per heavy atom. The molecular formula is C24H25BrFN5O4S. The number of nitrogens with one attached hydrogen (secondary N) is 2. The molecule has 2 fully saturated rings. The van der Waals surface area contributed by atoms with Crippen LogP contribution < -0.4 is 10.6 Å². The van der Waals surface area contributed by atoms with Crippen LogP contribution in [-0.2, 0) is 14.3 Å². The Morgan fingerprint density at radius 2 is 2.08 bits per heavy atom. The van der Waals surface area contributed by atoms with Crippen LogP contribution in [0, 0.1) is 5.82 Å². The van der Waals surface area contributed by atoms with Gasteiger partial charge in [0.05, 0.1) is 18.8 Å². The first-order valence-corrected chi connectivity index (χ1v) is 13.2. The number of ether oxygens (including phenoxy) is 1. The number of benzene rings is 1. The number of aromatic nitrogens is 1. The number of carbonyl (C=O) groups excluding carboxylic acids is 1. The molecule has 190 valence electrons. The molecule has 1 unspecified atom stereocenters. The van der Waals surface area contributed by atoms with Crippen molar-refractivity contribution in [1.82, 2.24) is 20.5 Å². The SMILES string of the molecule is CC(=O)NC1C[C@H]2COC[C@@H](C1)N2CC1=C(C(=O)O)[C@H](c2ccc(F)cc2Br)N=C(c2nccs2)N1. The van der Waals surface area contributed by atoms with Crippen LogP contribution in [0.5, 0.6) is 0 Å². The molecule has 1 aromatic carbocycles.